The van der Waals surface area contributed by atoms with Crippen LogP contribution < -0.4 is 10.8 Å². The molecule has 0 aliphatic carbocycles. The van der Waals surface area contributed by atoms with E-state index in [4.69, 9.17) is 9.57 Å². The van der Waals surface area contributed by atoms with Crippen LogP contribution in [0.15, 0.2) is 91.0 Å². The minimum absolute atomic E-state index is 0.00717. The fraction of sp³-hybridized carbons (Fsp3) is 0.417. The van der Waals surface area contributed by atoms with Gasteiger partial charge in [0.05, 0.1) is 6.61 Å². The predicted octanol–water partition coefficient (Wildman–Crippen LogP) is 7.17. The lowest BCUT2D eigenvalue weighted by Gasteiger charge is -2.18. The number of hydrogen-bond acceptors (Lipinski definition) is 5. The summed E-state index contributed by atoms with van der Waals surface area (Å²) in [5.41, 5.74) is 5.61. The molecule has 230 valence electrons. The van der Waals surface area contributed by atoms with Gasteiger partial charge in [0.2, 0.25) is 5.91 Å². The average molecular weight is 587 g/mol. The molecule has 0 heterocycles. The second-order valence-corrected chi connectivity index (χ2v) is 11.0. The smallest absolute Gasteiger partial charge is 0.306 e. The van der Waals surface area contributed by atoms with Crippen LogP contribution in [0.5, 0.6) is 0 Å². The minimum Gasteiger partial charge on any atom is -0.461 e. The number of carbonyl (C=O) groups is 3. The molecule has 0 aliphatic rings. The van der Waals surface area contributed by atoms with E-state index in [2.05, 4.69) is 48.1 Å². The van der Waals surface area contributed by atoms with Crippen molar-refractivity contribution in [2.45, 2.75) is 96.3 Å². The Kier molecular flexibility index (Phi) is 15.6. The van der Waals surface area contributed by atoms with Crippen molar-refractivity contribution in [1.82, 2.24) is 10.8 Å². The van der Waals surface area contributed by atoms with Crippen LogP contribution in [-0.4, -0.2) is 23.8 Å². The molecule has 0 radical (unpaired) electrons. The van der Waals surface area contributed by atoms with Crippen molar-refractivity contribution in [2.24, 2.45) is 0 Å². The standard InChI is InChI=1S/C36H46N2O5/c1-29(32-22-14-8-15-23-32)17-9-4-2-3-5-16-24-34(39)37-33(36(41)38-43-28-31-20-12-7-13-21-31)25-26-35(40)42-27-30-18-10-6-11-19-30/h6-8,10-15,18-23,29,33H,2-5,9,16-17,24-28H2,1H3,(H,37,39)(H,38,41)/t29?,33-/m1/s1. The van der Waals surface area contributed by atoms with Gasteiger partial charge in [0.25, 0.3) is 5.91 Å². The second-order valence-electron chi connectivity index (χ2n) is 11.0. The van der Waals surface area contributed by atoms with Gasteiger partial charge in [0.1, 0.15) is 12.6 Å². The zero-order valence-electron chi connectivity index (χ0n) is 25.3. The van der Waals surface area contributed by atoms with Gasteiger partial charge in [0, 0.05) is 12.8 Å². The first-order valence-corrected chi connectivity index (χ1v) is 15.5. The number of amides is 2. The number of rotatable bonds is 20. The highest BCUT2D eigenvalue weighted by Crippen LogP contribution is 2.22. The number of esters is 1. The van der Waals surface area contributed by atoms with Gasteiger partial charge < -0.3 is 10.1 Å². The van der Waals surface area contributed by atoms with E-state index in [0.717, 1.165) is 36.8 Å². The van der Waals surface area contributed by atoms with Crippen LogP contribution >= 0.6 is 0 Å². The molecule has 3 rings (SSSR count). The third-order valence-corrected chi connectivity index (χ3v) is 7.45. The van der Waals surface area contributed by atoms with E-state index in [1.54, 1.807) is 0 Å². The molecule has 0 saturated carbocycles. The van der Waals surface area contributed by atoms with Gasteiger partial charge in [-0.1, -0.05) is 130 Å². The molecule has 43 heavy (non-hydrogen) atoms. The summed E-state index contributed by atoms with van der Waals surface area (Å²) in [6, 6.07) is 28.6. The molecule has 0 bridgehead atoms. The van der Waals surface area contributed by atoms with Crippen LogP contribution in [0.3, 0.4) is 0 Å². The quantitative estimate of drug-likeness (QED) is 0.0832. The van der Waals surface area contributed by atoms with Gasteiger partial charge in [-0.3, -0.25) is 19.2 Å². The summed E-state index contributed by atoms with van der Waals surface area (Å²) in [4.78, 5) is 43.3. The molecule has 3 aromatic carbocycles. The third-order valence-electron chi connectivity index (χ3n) is 7.45. The lowest BCUT2D eigenvalue weighted by molar-refractivity contribution is -0.146. The number of benzene rings is 3. The van der Waals surface area contributed by atoms with Crippen LogP contribution in [0.1, 0.15) is 93.7 Å². The lowest BCUT2D eigenvalue weighted by atomic mass is 9.95. The normalized spacial score (nSPS) is 12.2. The Bertz CT molecular complexity index is 1200. The van der Waals surface area contributed by atoms with E-state index in [1.165, 1.54) is 24.8 Å². The summed E-state index contributed by atoms with van der Waals surface area (Å²) in [5.74, 6) is -0.564. The summed E-state index contributed by atoms with van der Waals surface area (Å²) in [7, 11) is 0. The van der Waals surface area contributed by atoms with E-state index in [0.29, 0.717) is 12.3 Å². The van der Waals surface area contributed by atoms with Gasteiger partial charge in [-0.2, -0.15) is 0 Å². The zero-order chi connectivity index (χ0) is 30.5. The van der Waals surface area contributed by atoms with E-state index < -0.39 is 17.9 Å². The number of ether oxygens (including phenoxy) is 1. The van der Waals surface area contributed by atoms with Crippen LogP contribution in [0.25, 0.3) is 0 Å². The summed E-state index contributed by atoms with van der Waals surface area (Å²) in [6.07, 6.45) is 7.96. The Hall–Kier alpha value is -3.97. The lowest BCUT2D eigenvalue weighted by Crippen LogP contribution is -2.46. The molecule has 3 aromatic rings. The molecule has 2 atom stereocenters. The molecule has 7 nitrogen and oxygen atoms in total. The molecular weight excluding hydrogens is 540 g/mol. The number of unbranched alkanes of at least 4 members (excludes halogenated alkanes) is 5. The first-order chi connectivity index (χ1) is 21.0. The van der Waals surface area contributed by atoms with Crippen molar-refractivity contribution in [2.75, 3.05) is 0 Å². The highest BCUT2D eigenvalue weighted by atomic mass is 16.6. The number of hydroxylamine groups is 1. The molecule has 0 saturated heterocycles. The summed E-state index contributed by atoms with van der Waals surface area (Å²) in [5, 5.41) is 2.80. The maximum atomic E-state index is 12.9. The fourth-order valence-electron chi connectivity index (χ4n) is 4.84. The zero-order valence-corrected chi connectivity index (χ0v) is 25.3. The molecule has 7 heteroatoms. The largest absolute Gasteiger partial charge is 0.461 e. The maximum Gasteiger partial charge on any atom is 0.306 e. The van der Waals surface area contributed by atoms with Crippen LogP contribution in [0.2, 0.25) is 0 Å². The predicted molar refractivity (Wildman–Crippen MR) is 169 cm³/mol. The van der Waals surface area contributed by atoms with Gasteiger partial charge in [0.15, 0.2) is 0 Å². The molecule has 2 N–H and O–H groups in total. The van der Waals surface area contributed by atoms with Crippen LogP contribution in [-0.2, 0) is 37.2 Å². The van der Waals surface area contributed by atoms with Crippen molar-refractivity contribution in [3.63, 3.8) is 0 Å². The highest BCUT2D eigenvalue weighted by Gasteiger charge is 2.22. The molecular formula is C36H46N2O5. The van der Waals surface area contributed by atoms with E-state index >= 15 is 0 Å². The highest BCUT2D eigenvalue weighted by molar-refractivity contribution is 5.87. The number of hydrogen-bond donors (Lipinski definition) is 2. The van der Waals surface area contributed by atoms with Gasteiger partial charge >= 0.3 is 5.97 Å². The van der Waals surface area contributed by atoms with E-state index in [1.807, 2.05) is 60.7 Å². The van der Waals surface area contributed by atoms with Gasteiger partial charge in [-0.25, -0.2) is 5.48 Å². The SMILES string of the molecule is CC(CCCCCCCCC(=O)N[C@H](CCC(=O)OCc1ccccc1)C(=O)NOCc1ccccc1)c1ccccc1. The minimum atomic E-state index is -0.904. The van der Waals surface area contributed by atoms with Crippen molar-refractivity contribution in [3.8, 4) is 0 Å². The Morgan fingerprint density at radius 2 is 1.21 bits per heavy atom. The molecule has 0 aliphatic heterocycles. The van der Waals surface area contributed by atoms with Gasteiger partial charge in [-0.15, -0.1) is 0 Å². The molecule has 0 fully saturated rings. The van der Waals surface area contributed by atoms with Crippen molar-refractivity contribution in [3.05, 3.63) is 108 Å². The summed E-state index contributed by atoms with van der Waals surface area (Å²) < 4.78 is 5.34. The third kappa shape index (κ3) is 14.2. The summed E-state index contributed by atoms with van der Waals surface area (Å²) in [6.45, 7) is 2.64. The Labute approximate surface area is 256 Å². The number of nitrogens with one attached hydrogen (secondary N) is 2. The van der Waals surface area contributed by atoms with Crippen LogP contribution in [0, 0.1) is 0 Å². The van der Waals surface area contributed by atoms with Crippen molar-refractivity contribution in [1.29, 1.82) is 0 Å². The van der Waals surface area contributed by atoms with E-state index in [9.17, 15) is 14.4 Å². The maximum absolute atomic E-state index is 12.9. The Morgan fingerprint density at radius 3 is 1.86 bits per heavy atom. The molecule has 2 amide bonds. The van der Waals surface area contributed by atoms with E-state index in [-0.39, 0.29) is 32.0 Å². The topological polar surface area (TPSA) is 93.7 Å². The molecule has 0 spiro atoms. The Morgan fingerprint density at radius 1 is 0.651 bits per heavy atom. The van der Waals surface area contributed by atoms with Crippen molar-refractivity contribution >= 4 is 17.8 Å². The first kappa shape index (κ1) is 33.5. The monoisotopic (exact) mass is 586 g/mol. The van der Waals surface area contributed by atoms with Gasteiger partial charge in [-0.05, 0) is 41.9 Å². The first-order valence-electron chi connectivity index (χ1n) is 15.5. The molecule has 1 unspecified atom stereocenters. The van der Waals surface area contributed by atoms with Crippen molar-refractivity contribution < 1.29 is 24.0 Å². The number of carbonyl (C=O) groups excluding carboxylic acids is 3. The summed E-state index contributed by atoms with van der Waals surface area (Å²) >= 11 is 0. The van der Waals surface area contributed by atoms with Crippen LogP contribution in [0.4, 0.5) is 0 Å². The molecule has 0 aromatic heterocycles. The fourth-order valence-corrected chi connectivity index (χ4v) is 4.84. The Balaban J connectivity index is 1.35. The average Bonchev–Trinajstić information content (AvgIpc) is 3.04. The second kappa shape index (κ2) is 20.0.